The van der Waals surface area contributed by atoms with Crippen LogP contribution < -0.4 is 5.43 Å². The summed E-state index contributed by atoms with van der Waals surface area (Å²) in [4.78, 5) is 49.3. The highest BCUT2D eigenvalue weighted by Crippen LogP contribution is 2.34. The molecule has 35 heavy (non-hydrogen) atoms. The fourth-order valence-electron chi connectivity index (χ4n) is 3.68. The Hall–Kier alpha value is -4.50. The minimum Gasteiger partial charge on any atom is -0.456 e. The molecule has 4 aromatic rings. The quantitative estimate of drug-likeness (QED) is 0.206. The molecule has 1 aromatic heterocycles. The van der Waals surface area contributed by atoms with Gasteiger partial charge in [-0.2, -0.15) is 0 Å². The lowest BCUT2D eigenvalue weighted by Crippen LogP contribution is -2.27. The van der Waals surface area contributed by atoms with E-state index in [0.29, 0.717) is 33.4 Å². The number of nitrogens with zero attached hydrogens (tertiary/aromatic N) is 2. The third-order valence-corrected chi connectivity index (χ3v) is 6.40. The maximum absolute atomic E-state index is 12.8. The minimum absolute atomic E-state index is 0.0277. The van der Waals surface area contributed by atoms with E-state index >= 15 is 0 Å². The van der Waals surface area contributed by atoms with Crippen LogP contribution in [0.4, 0.5) is 10.5 Å². The lowest BCUT2D eigenvalue weighted by atomic mass is 10.1. The number of rotatable bonds is 5. The van der Waals surface area contributed by atoms with E-state index in [2.05, 4.69) is 0 Å². The second-order valence-corrected chi connectivity index (χ2v) is 8.78. The summed E-state index contributed by atoms with van der Waals surface area (Å²) in [5.41, 5.74) is 2.33. The van der Waals surface area contributed by atoms with Gasteiger partial charge >= 0.3 is 0 Å². The highest BCUT2D eigenvalue weighted by molar-refractivity contribution is 8.18. The summed E-state index contributed by atoms with van der Waals surface area (Å²) in [7, 11) is 0. The average molecular weight is 484 g/mol. The summed E-state index contributed by atoms with van der Waals surface area (Å²) in [6, 6.07) is 21.3. The molecule has 0 unspecified atom stereocenters. The third-order valence-electron chi connectivity index (χ3n) is 5.49. The number of carbonyl (C=O) groups is 2. The van der Waals surface area contributed by atoms with Gasteiger partial charge in [0, 0.05) is 23.8 Å². The number of nitro groups is 1. The average Bonchev–Trinajstić information content (AvgIpc) is 3.12. The molecular weight excluding hydrogens is 468 g/mol. The number of para-hydroxylation sites is 1. The summed E-state index contributed by atoms with van der Waals surface area (Å²) in [6.07, 6.45) is 1.63. The molecule has 0 atom stereocenters. The van der Waals surface area contributed by atoms with Gasteiger partial charge in [-0.3, -0.25) is 29.4 Å². The summed E-state index contributed by atoms with van der Waals surface area (Å²) in [5.74, 6) is 0.00614. The van der Waals surface area contributed by atoms with E-state index in [1.54, 1.807) is 54.6 Å². The number of nitro benzene ring substituents is 1. The fraction of sp³-hybridized carbons (Fsp3) is 0.0385. The van der Waals surface area contributed by atoms with Crippen molar-refractivity contribution in [2.45, 2.75) is 6.54 Å². The van der Waals surface area contributed by atoms with Gasteiger partial charge in [-0.25, -0.2) is 0 Å². The van der Waals surface area contributed by atoms with Gasteiger partial charge in [-0.15, -0.1) is 0 Å². The van der Waals surface area contributed by atoms with E-state index in [1.165, 1.54) is 30.3 Å². The molecule has 1 aliphatic rings. The van der Waals surface area contributed by atoms with Gasteiger partial charge < -0.3 is 4.42 Å². The van der Waals surface area contributed by atoms with Crippen LogP contribution in [0.2, 0.25) is 0 Å². The summed E-state index contributed by atoms with van der Waals surface area (Å²) in [6.45, 7) is 0.0277. The molecule has 1 aliphatic heterocycles. The monoisotopic (exact) mass is 484 g/mol. The molecule has 1 saturated heterocycles. The summed E-state index contributed by atoms with van der Waals surface area (Å²) >= 11 is 0.838. The van der Waals surface area contributed by atoms with E-state index in [4.69, 9.17) is 4.42 Å². The second-order valence-electron chi connectivity index (χ2n) is 7.78. The van der Waals surface area contributed by atoms with Crippen LogP contribution in [0.25, 0.3) is 28.4 Å². The van der Waals surface area contributed by atoms with Crippen LogP contribution >= 0.6 is 11.8 Å². The van der Waals surface area contributed by atoms with Crippen molar-refractivity contribution in [3.05, 3.63) is 115 Å². The van der Waals surface area contributed by atoms with Crippen molar-refractivity contribution in [3.8, 4) is 11.3 Å². The van der Waals surface area contributed by atoms with Gasteiger partial charge in [0.2, 0.25) is 0 Å². The maximum atomic E-state index is 12.8. The Morgan fingerprint density at radius 1 is 0.943 bits per heavy atom. The number of hydrogen-bond acceptors (Lipinski definition) is 7. The Labute approximate surface area is 202 Å². The molecule has 9 heteroatoms. The van der Waals surface area contributed by atoms with Crippen LogP contribution in [0.1, 0.15) is 11.1 Å². The molecule has 0 radical (unpaired) electrons. The molecule has 0 spiro atoms. The molecule has 0 aliphatic carbocycles. The van der Waals surface area contributed by atoms with Gasteiger partial charge in [0.1, 0.15) is 11.3 Å². The molecule has 2 heterocycles. The zero-order chi connectivity index (χ0) is 24.5. The van der Waals surface area contributed by atoms with Crippen molar-refractivity contribution in [2.24, 2.45) is 0 Å². The Balaban J connectivity index is 1.34. The number of non-ortho nitro benzene ring substituents is 1. The van der Waals surface area contributed by atoms with Crippen LogP contribution in [-0.2, 0) is 11.3 Å². The summed E-state index contributed by atoms with van der Waals surface area (Å²) < 4.78 is 5.86. The Morgan fingerprint density at radius 2 is 1.66 bits per heavy atom. The Kier molecular flexibility index (Phi) is 5.76. The second kappa shape index (κ2) is 9.03. The van der Waals surface area contributed by atoms with Gasteiger partial charge in [-0.1, -0.05) is 48.5 Å². The van der Waals surface area contributed by atoms with Crippen LogP contribution in [0.3, 0.4) is 0 Å². The molecule has 0 saturated carbocycles. The third kappa shape index (κ3) is 4.49. The Morgan fingerprint density at radius 3 is 2.37 bits per heavy atom. The van der Waals surface area contributed by atoms with E-state index in [0.717, 1.165) is 16.7 Å². The molecule has 2 amide bonds. The van der Waals surface area contributed by atoms with Crippen molar-refractivity contribution in [1.29, 1.82) is 0 Å². The van der Waals surface area contributed by atoms with E-state index in [1.807, 2.05) is 0 Å². The Bertz CT molecular complexity index is 1570. The van der Waals surface area contributed by atoms with Crippen molar-refractivity contribution < 1.29 is 18.9 Å². The van der Waals surface area contributed by atoms with Gasteiger partial charge in [0.25, 0.3) is 16.8 Å². The first-order chi connectivity index (χ1) is 16.9. The van der Waals surface area contributed by atoms with E-state index in [9.17, 15) is 24.5 Å². The lowest BCUT2D eigenvalue weighted by molar-refractivity contribution is -0.384. The topological polar surface area (TPSA) is 111 Å². The molecule has 1 fully saturated rings. The standard InChI is InChI=1S/C26H16N2O6S/c29-21-14-23(34-22-4-2-1-3-20(21)22)18-9-5-16(6-10-18)13-24-25(30)27(26(31)35-24)15-17-7-11-19(12-8-17)28(32)33/h1-14H,15H2/b24-13-. The fourth-order valence-corrected chi connectivity index (χ4v) is 4.52. The van der Waals surface area contributed by atoms with Crippen molar-refractivity contribution in [3.63, 3.8) is 0 Å². The molecule has 3 aromatic carbocycles. The van der Waals surface area contributed by atoms with Crippen molar-refractivity contribution in [2.75, 3.05) is 0 Å². The molecule has 172 valence electrons. The van der Waals surface area contributed by atoms with E-state index in [-0.39, 0.29) is 22.6 Å². The highest BCUT2D eigenvalue weighted by Gasteiger charge is 2.35. The molecule has 0 bridgehead atoms. The number of hydrogen-bond donors (Lipinski definition) is 0. The highest BCUT2D eigenvalue weighted by atomic mass is 32.2. The first kappa shape index (κ1) is 22.3. The number of carbonyl (C=O) groups excluding carboxylic acids is 2. The predicted molar refractivity (Wildman–Crippen MR) is 133 cm³/mol. The number of benzene rings is 3. The predicted octanol–water partition coefficient (Wildman–Crippen LogP) is 5.60. The van der Waals surface area contributed by atoms with Gasteiger partial charge in [0.05, 0.1) is 21.8 Å². The normalized spacial score (nSPS) is 14.7. The molecular formula is C26H16N2O6S. The van der Waals surface area contributed by atoms with Gasteiger partial charge in [0.15, 0.2) is 5.43 Å². The van der Waals surface area contributed by atoms with Crippen LogP contribution in [0.15, 0.2) is 93.0 Å². The first-order valence-corrected chi connectivity index (χ1v) is 11.3. The largest absolute Gasteiger partial charge is 0.456 e. The van der Waals surface area contributed by atoms with Gasteiger partial charge in [-0.05, 0) is 41.1 Å². The maximum Gasteiger partial charge on any atom is 0.293 e. The zero-order valence-corrected chi connectivity index (χ0v) is 18.9. The smallest absolute Gasteiger partial charge is 0.293 e. The zero-order valence-electron chi connectivity index (χ0n) is 18.0. The molecule has 5 rings (SSSR count). The lowest BCUT2D eigenvalue weighted by Gasteiger charge is -2.12. The minimum atomic E-state index is -0.508. The van der Waals surface area contributed by atoms with Crippen molar-refractivity contribution in [1.82, 2.24) is 4.90 Å². The van der Waals surface area contributed by atoms with Crippen LogP contribution in [0.5, 0.6) is 0 Å². The molecule has 8 nitrogen and oxygen atoms in total. The molecule has 0 N–H and O–H groups in total. The van der Waals surface area contributed by atoms with E-state index < -0.39 is 16.1 Å². The number of imide groups is 1. The number of thioether (sulfide) groups is 1. The van der Waals surface area contributed by atoms with Crippen LogP contribution in [0, 0.1) is 10.1 Å². The van der Waals surface area contributed by atoms with Crippen molar-refractivity contribution >= 4 is 45.6 Å². The number of amides is 2. The SMILES string of the molecule is O=C1S/C(=C\c2ccc(-c3cc(=O)c4ccccc4o3)cc2)C(=O)N1Cc1ccc([N+](=O)[O-])cc1. The summed E-state index contributed by atoms with van der Waals surface area (Å²) in [5, 5.41) is 10.9. The number of fused-ring (bicyclic) bond motifs is 1. The first-order valence-electron chi connectivity index (χ1n) is 10.5. The van der Waals surface area contributed by atoms with Crippen LogP contribution in [-0.4, -0.2) is 21.0 Å².